The number of sulfonamides is 1. The van der Waals surface area contributed by atoms with Crippen molar-refractivity contribution in [3.8, 4) is 0 Å². The molecule has 3 N–H and O–H groups in total. The highest BCUT2D eigenvalue weighted by Crippen LogP contribution is 2.25. The molecule has 8 heteroatoms. The number of rotatable bonds is 4. The Hall–Kier alpha value is -0.440. The van der Waals surface area contributed by atoms with Gasteiger partial charge in [-0.05, 0) is 28.1 Å². The van der Waals surface area contributed by atoms with Crippen molar-refractivity contribution < 1.29 is 12.8 Å². The fraction of sp³-hybridized carbons (Fsp3) is 0.111. The average Bonchev–Trinajstić information content (AvgIpc) is 2.20. The SMILES string of the molecule is C=C(Br)CNS(=O)(=O)c1cc(N)c(Br)cc1F. The predicted molar refractivity (Wildman–Crippen MR) is 71.8 cm³/mol. The first-order valence-corrected chi connectivity index (χ1v) is 7.38. The fourth-order valence-corrected chi connectivity index (χ4v) is 2.76. The van der Waals surface area contributed by atoms with Crippen LogP contribution >= 0.6 is 31.9 Å². The highest BCUT2D eigenvalue weighted by atomic mass is 79.9. The van der Waals surface area contributed by atoms with E-state index in [9.17, 15) is 12.8 Å². The summed E-state index contributed by atoms with van der Waals surface area (Å²) in [5, 5.41) is 0. The van der Waals surface area contributed by atoms with E-state index >= 15 is 0 Å². The van der Waals surface area contributed by atoms with E-state index in [-0.39, 0.29) is 12.2 Å². The number of halogens is 3. The lowest BCUT2D eigenvalue weighted by molar-refractivity contribution is 0.559. The van der Waals surface area contributed by atoms with Crippen molar-refractivity contribution in [2.24, 2.45) is 0 Å². The van der Waals surface area contributed by atoms with Gasteiger partial charge in [-0.25, -0.2) is 17.5 Å². The third-order valence-electron chi connectivity index (χ3n) is 1.79. The summed E-state index contributed by atoms with van der Waals surface area (Å²) in [6.45, 7) is 3.44. The van der Waals surface area contributed by atoms with Crippen LogP contribution in [-0.4, -0.2) is 15.0 Å². The summed E-state index contributed by atoms with van der Waals surface area (Å²) < 4.78 is 39.9. The molecule has 0 saturated carbocycles. The van der Waals surface area contributed by atoms with Gasteiger partial charge in [0.05, 0.1) is 0 Å². The van der Waals surface area contributed by atoms with Gasteiger partial charge in [0.2, 0.25) is 10.0 Å². The Morgan fingerprint density at radius 3 is 2.65 bits per heavy atom. The van der Waals surface area contributed by atoms with Crippen molar-refractivity contribution in [3.05, 3.63) is 33.5 Å². The van der Waals surface area contributed by atoms with Crippen LogP contribution in [0.3, 0.4) is 0 Å². The fourth-order valence-electron chi connectivity index (χ4n) is 1.00. The van der Waals surface area contributed by atoms with Crippen LogP contribution in [0.15, 0.2) is 32.6 Å². The van der Waals surface area contributed by atoms with E-state index in [1.807, 2.05) is 0 Å². The molecule has 0 fully saturated rings. The first-order chi connectivity index (χ1) is 7.74. The van der Waals surface area contributed by atoms with Gasteiger partial charge in [-0.2, -0.15) is 0 Å². The zero-order valence-corrected chi connectivity index (χ0v) is 12.5. The molecule has 0 bridgehead atoms. The normalized spacial score (nSPS) is 11.5. The standard InChI is InChI=1S/C9H9Br2FN2O2S/c1-5(10)4-14-17(15,16)9-3-8(13)6(11)2-7(9)12/h2-3,14H,1,4,13H2. The molecule has 0 aliphatic carbocycles. The largest absolute Gasteiger partial charge is 0.398 e. The molecule has 0 heterocycles. The number of nitrogen functional groups attached to an aromatic ring is 1. The first kappa shape index (κ1) is 14.6. The summed E-state index contributed by atoms with van der Waals surface area (Å²) in [4.78, 5) is -0.494. The van der Waals surface area contributed by atoms with Crippen molar-refractivity contribution >= 4 is 47.6 Å². The van der Waals surface area contributed by atoms with Crippen molar-refractivity contribution in [2.75, 3.05) is 12.3 Å². The molecule has 94 valence electrons. The summed E-state index contributed by atoms with van der Waals surface area (Å²) in [6, 6.07) is 2.06. The summed E-state index contributed by atoms with van der Waals surface area (Å²) in [7, 11) is -3.94. The van der Waals surface area contributed by atoms with E-state index in [4.69, 9.17) is 5.73 Å². The zero-order valence-electron chi connectivity index (χ0n) is 8.50. The van der Waals surface area contributed by atoms with Gasteiger partial charge in [0.25, 0.3) is 0 Å². The number of anilines is 1. The smallest absolute Gasteiger partial charge is 0.243 e. The van der Waals surface area contributed by atoms with Crippen molar-refractivity contribution in [1.29, 1.82) is 0 Å². The van der Waals surface area contributed by atoms with Gasteiger partial charge in [0.1, 0.15) is 10.7 Å². The monoisotopic (exact) mass is 386 g/mol. The molecule has 0 radical (unpaired) electrons. The Labute approximate surface area is 115 Å². The van der Waals surface area contributed by atoms with Crippen molar-refractivity contribution in [2.45, 2.75) is 4.90 Å². The molecule has 0 amide bonds. The number of nitrogens with two attached hydrogens (primary N) is 1. The van der Waals surface area contributed by atoms with Crippen LogP contribution < -0.4 is 10.5 Å². The van der Waals surface area contributed by atoms with E-state index in [0.717, 1.165) is 12.1 Å². The van der Waals surface area contributed by atoms with Crippen LogP contribution in [0.5, 0.6) is 0 Å². The summed E-state index contributed by atoms with van der Waals surface area (Å²) in [6.07, 6.45) is 0. The van der Waals surface area contributed by atoms with Gasteiger partial charge < -0.3 is 5.73 Å². The lowest BCUT2D eigenvalue weighted by atomic mass is 10.3. The van der Waals surface area contributed by atoms with Crippen LogP contribution in [0.2, 0.25) is 0 Å². The van der Waals surface area contributed by atoms with Gasteiger partial charge in [-0.1, -0.05) is 22.5 Å². The van der Waals surface area contributed by atoms with Crippen LogP contribution in [0.25, 0.3) is 0 Å². The van der Waals surface area contributed by atoms with Crippen molar-refractivity contribution in [3.63, 3.8) is 0 Å². The molecule has 0 aliphatic rings. The lowest BCUT2D eigenvalue weighted by Gasteiger charge is -2.08. The van der Waals surface area contributed by atoms with E-state index in [0.29, 0.717) is 8.96 Å². The highest BCUT2D eigenvalue weighted by Gasteiger charge is 2.20. The van der Waals surface area contributed by atoms with E-state index in [2.05, 4.69) is 43.2 Å². The molecular weight excluding hydrogens is 379 g/mol. The minimum atomic E-state index is -3.94. The lowest BCUT2D eigenvalue weighted by Crippen LogP contribution is -2.25. The Balaban J connectivity index is 3.15. The maximum atomic E-state index is 13.5. The summed E-state index contributed by atoms with van der Waals surface area (Å²) in [5.74, 6) is -0.876. The second kappa shape index (κ2) is 5.47. The van der Waals surface area contributed by atoms with Gasteiger partial charge in [-0.15, -0.1) is 0 Å². The molecule has 0 spiro atoms. The molecule has 1 aromatic carbocycles. The summed E-state index contributed by atoms with van der Waals surface area (Å²) in [5.41, 5.74) is 5.65. The minimum absolute atomic E-state index is 0.0300. The molecule has 17 heavy (non-hydrogen) atoms. The first-order valence-electron chi connectivity index (χ1n) is 4.31. The maximum Gasteiger partial charge on any atom is 0.243 e. The molecule has 1 rings (SSSR count). The molecule has 4 nitrogen and oxygen atoms in total. The predicted octanol–water partition coefficient (Wildman–Crippen LogP) is 2.36. The van der Waals surface area contributed by atoms with E-state index in [1.54, 1.807) is 0 Å². The Bertz CT molecular complexity index is 560. The Kier molecular flexibility index (Phi) is 4.70. The van der Waals surface area contributed by atoms with E-state index < -0.39 is 20.7 Å². The highest BCUT2D eigenvalue weighted by molar-refractivity contribution is 9.11. The van der Waals surface area contributed by atoms with Crippen molar-refractivity contribution in [1.82, 2.24) is 4.72 Å². The third-order valence-corrected chi connectivity index (χ3v) is 4.18. The Morgan fingerprint density at radius 2 is 2.12 bits per heavy atom. The number of hydrogen-bond donors (Lipinski definition) is 2. The van der Waals surface area contributed by atoms with E-state index in [1.165, 1.54) is 0 Å². The third kappa shape index (κ3) is 3.77. The van der Waals surface area contributed by atoms with Gasteiger partial charge in [-0.3, -0.25) is 0 Å². The maximum absolute atomic E-state index is 13.5. The van der Waals surface area contributed by atoms with Crippen LogP contribution in [0.1, 0.15) is 0 Å². The summed E-state index contributed by atoms with van der Waals surface area (Å²) >= 11 is 6.00. The molecule has 0 saturated heterocycles. The van der Waals surface area contributed by atoms with Gasteiger partial charge >= 0.3 is 0 Å². The molecule has 0 aromatic heterocycles. The number of benzene rings is 1. The number of nitrogens with one attached hydrogen (secondary N) is 1. The number of hydrogen-bond acceptors (Lipinski definition) is 3. The minimum Gasteiger partial charge on any atom is -0.398 e. The second-order valence-corrected chi connectivity index (χ2v) is 6.86. The quantitative estimate of drug-likeness (QED) is 0.779. The van der Waals surface area contributed by atoms with Crippen LogP contribution in [-0.2, 0) is 10.0 Å². The molecule has 0 atom stereocenters. The average molecular weight is 388 g/mol. The van der Waals surface area contributed by atoms with Crippen LogP contribution in [0, 0.1) is 5.82 Å². The Morgan fingerprint density at radius 1 is 1.53 bits per heavy atom. The van der Waals surface area contributed by atoms with Gasteiger partial charge in [0, 0.05) is 21.2 Å². The zero-order chi connectivity index (χ0) is 13.2. The second-order valence-electron chi connectivity index (χ2n) is 3.15. The molecule has 0 unspecified atom stereocenters. The molecular formula is C9H9Br2FN2O2S. The topological polar surface area (TPSA) is 72.2 Å². The van der Waals surface area contributed by atoms with Crippen LogP contribution in [0.4, 0.5) is 10.1 Å². The molecule has 1 aromatic rings. The van der Waals surface area contributed by atoms with Gasteiger partial charge in [0.15, 0.2) is 0 Å². The molecule has 0 aliphatic heterocycles.